The summed E-state index contributed by atoms with van der Waals surface area (Å²) in [5, 5.41) is 9.19. The van der Waals surface area contributed by atoms with Crippen molar-refractivity contribution >= 4 is 11.9 Å². The first-order chi connectivity index (χ1) is 9.58. The average molecular weight is 275 g/mol. The summed E-state index contributed by atoms with van der Waals surface area (Å²) in [6.07, 6.45) is 3.42. The fourth-order valence-corrected chi connectivity index (χ4v) is 2.75. The van der Waals surface area contributed by atoms with Gasteiger partial charge in [0.15, 0.2) is 0 Å². The summed E-state index contributed by atoms with van der Waals surface area (Å²) in [4.78, 5) is 25.0. The smallest absolute Gasteiger partial charge is 0.326 e. The zero-order chi connectivity index (χ0) is 14.5. The van der Waals surface area contributed by atoms with Crippen LogP contribution in [0, 0.1) is 6.92 Å². The number of amides is 1. The van der Waals surface area contributed by atoms with Crippen LogP contribution in [0.1, 0.15) is 36.8 Å². The standard InChI is InChI=1S/C16H21NO3/c1-12-5-4-6-13(11-12)8-9-15(18)17-10-3-2-7-14(17)16(19)20/h4-6,11,14H,2-3,7-10H2,1H3,(H,19,20). The number of carbonyl (C=O) groups is 2. The normalized spacial score (nSPS) is 18.9. The Bertz CT molecular complexity index is 498. The first-order valence-corrected chi connectivity index (χ1v) is 7.16. The van der Waals surface area contributed by atoms with Crippen LogP contribution < -0.4 is 0 Å². The second-order valence-electron chi connectivity index (χ2n) is 5.43. The lowest BCUT2D eigenvalue weighted by Crippen LogP contribution is -2.48. The number of hydrogen-bond acceptors (Lipinski definition) is 2. The minimum Gasteiger partial charge on any atom is -0.480 e. The number of rotatable bonds is 4. The Balaban J connectivity index is 1.95. The third-order valence-corrected chi connectivity index (χ3v) is 3.82. The molecule has 0 aromatic heterocycles. The van der Waals surface area contributed by atoms with Gasteiger partial charge in [-0.05, 0) is 38.2 Å². The van der Waals surface area contributed by atoms with Crippen molar-refractivity contribution in [1.29, 1.82) is 0 Å². The number of benzene rings is 1. The monoisotopic (exact) mass is 275 g/mol. The molecule has 1 aliphatic rings. The number of hydrogen-bond donors (Lipinski definition) is 1. The van der Waals surface area contributed by atoms with E-state index in [4.69, 9.17) is 0 Å². The second kappa shape index (κ2) is 6.55. The van der Waals surface area contributed by atoms with E-state index < -0.39 is 12.0 Å². The fourth-order valence-electron chi connectivity index (χ4n) is 2.75. The predicted octanol–water partition coefficient (Wildman–Crippen LogP) is 2.39. The molecule has 1 atom stereocenters. The molecule has 1 unspecified atom stereocenters. The molecule has 1 fully saturated rings. The quantitative estimate of drug-likeness (QED) is 0.918. The van der Waals surface area contributed by atoms with E-state index in [2.05, 4.69) is 6.07 Å². The van der Waals surface area contributed by atoms with E-state index in [1.165, 1.54) is 5.56 Å². The number of carboxylic acid groups (broad SMARTS) is 1. The summed E-state index contributed by atoms with van der Waals surface area (Å²) in [5.74, 6) is -0.924. The van der Waals surface area contributed by atoms with Gasteiger partial charge in [-0.1, -0.05) is 29.8 Å². The van der Waals surface area contributed by atoms with Crippen LogP contribution in [0.4, 0.5) is 0 Å². The van der Waals surface area contributed by atoms with Crippen molar-refractivity contribution in [3.63, 3.8) is 0 Å². The highest BCUT2D eigenvalue weighted by Crippen LogP contribution is 2.19. The molecule has 1 aliphatic heterocycles. The zero-order valence-corrected chi connectivity index (χ0v) is 11.8. The Morgan fingerprint density at radius 2 is 2.15 bits per heavy atom. The van der Waals surface area contributed by atoms with E-state index in [9.17, 15) is 14.7 Å². The van der Waals surface area contributed by atoms with Gasteiger partial charge in [-0.2, -0.15) is 0 Å². The van der Waals surface area contributed by atoms with Gasteiger partial charge in [0, 0.05) is 13.0 Å². The van der Waals surface area contributed by atoms with Crippen molar-refractivity contribution < 1.29 is 14.7 Å². The number of carbonyl (C=O) groups excluding carboxylic acids is 1. The van der Waals surface area contributed by atoms with E-state index in [1.807, 2.05) is 25.1 Å². The third kappa shape index (κ3) is 3.59. The van der Waals surface area contributed by atoms with E-state index in [0.29, 0.717) is 25.8 Å². The SMILES string of the molecule is Cc1cccc(CCC(=O)N2CCCCC2C(=O)O)c1. The minimum atomic E-state index is -0.881. The molecule has 1 amide bonds. The summed E-state index contributed by atoms with van der Waals surface area (Å²) in [7, 11) is 0. The molecule has 0 radical (unpaired) electrons. The molecule has 4 heteroatoms. The highest BCUT2D eigenvalue weighted by molar-refractivity contribution is 5.84. The van der Waals surface area contributed by atoms with Gasteiger partial charge in [0.05, 0.1) is 0 Å². The lowest BCUT2D eigenvalue weighted by atomic mass is 10.0. The van der Waals surface area contributed by atoms with Gasteiger partial charge in [0.2, 0.25) is 5.91 Å². The van der Waals surface area contributed by atoms with Crippen LogP contribution >= 0.6 is 0 Å². The molecule has 2 rings (SSSR count). The molecule has 4 nitrogen and oxygen atoms in total. The van der Waals surface area contributed by atoms with Crippen molar-refractivity contribution in [3.05, 3.63) is 35.4 Å². The van der Waals surface area contributed by atoms with E-state index in [1.54, 1.807) is 4.90 Å². The average Bonchev–Trinajstić information content (AvgIpc) is 2.45. The zero-order valence-electron chi connectivity index (χ0n) is 11.8. The van der Waals surface area contributed by atoms with Crippen LogP contribution in [0.15, 0.2) is 24.3 Å². The number of nitrogens with zero attached hydrogens (tertiary/aromatic N) is 1. The molecule has 0 aliphatic carbocycles. The van der Waals surface area contributed by atoms with E-state index in [-0.39, 0.29) is 5.91 Å². The van der Waals surface area contributed by atoms with Crippen LogP contribution in [0.2, 0.25) is 0 Å². The van der Waals surface area contributed by atoms with Crippen LogP contribution in [-0.4, -0.2) is 34.5 Å². The van der Waals surface area contributed by atoms with Crippen LogP contribution in [0.25, 0.3) is 0 Å². The highest BCUT2D eigenvalue weighted by Gasteiger charge is 2.31. The molecule has 1 aromatic rings. The van der Waals surface area contributed by atoms with Crippen LogP contribution in [-0.2, 0) is 16.0 Å². The summed E-state index contributed by atoms with van der Waals surface area (Å²) in [6, 6.07) is 7.45. The summed E-state index contributed by atoms with van der Waals surface area (Å²) >= 11 is 0. The molecule has 0 spiro atoms. The molecular formula is C16H21NO3. The lowest BCUT2D eigenvalue weighted by molar-refractivity contribution is -0.152. The van der Waals surface area contributed by atoms with Gasteiger partial charge in [0.1, 0.15) is 6.04 Å². The number of aliphatic carboxylic acids is 1. The Kier molecular flexibility index (Phi) is 4.77. The van der Waals surface area contributed by atoms with Crippen molar-refractivity contribution in [2.75, 3.05) is 6.54 Å². The molecule has 0 bridgehead atoms. The first kappa shape index (κ1) is 14.6. The molecule has 0 saturated carbocycles. The van der Waals surface area contributed by atoms with E-state index in [0.717, 1.165) is 18.4 Å². The summed E-state index contributed by atoms with van der Waals surface area (Å²) < 4.78 is 0. The molecule has 1 saturated heterocycles. The second-order valence-corrected chi connectivity index (χ2v) is 5.43. The van der Waals surface area contributed by atoms with Gasteiger partial charge in [0.25, 0.3) is 0 Å². The van der Waals surface area contributed by atoms with Crippen molar-refractivity contribution in [2.45, 2.75) is 45.1 Å². The molecule has 1 N–H and O–H groups in total. The van der Waals surface area contributed by atoms with Gasteiger partial charge >= 0.3 is 5.97 Å². The van der Waals surface area contributed by atoms with Crippen molar-refractivity contribution in [1.82, 2.24) is 4.90 Å². The largest absolute Gasteiger partial charge is 0.480 e. The maximum absolute atomic E-state index is 12.2. The Hall–Kier alpha value is -1.84. The van der Waals surface area contributed by atoms with Gasteiger partial charge in [-0.25, -0.2) is 4.79 Å². The maximum Gasteiger partial charge on any atom is 0.326 e. The number of likely N-dealkylation sites (tertiary alicyclic amines) is 1. The molecule has 1 aromatic carbocycles. The Morgan fingerprint density at radius 1 is 1.35 bits per heavy atom. The molecular weight excluding hydrogens is 254 g/mol. The maximum atomic E-state index is 12.2. The molecule has 108 valence electrons. The van der Waals surface area contributed by atoms with E-state index >= 15 is 0 Å². The van der Waals surface area contributed by atoms with Crippen molar-refractivity contribution in [3.8, 4) is 0 Å². The lowest BCUT2D eigenvalue weighted by Gasteiger charge is -2.33. The molecule has 20 heavy (non-hydrogen) atoms. The van der Waals surface area contributed by atoms with Gasteiger partial charge in [-0.3, -0.25) is 4.79 Å². The van der Waals surface area contributed by atoms with Crippen molar-refractivity contribution in [2.24, 2.45) is 0 Å². The van der Waals surface area contributed by atoms with Crippen LogP contribution in [0.5, 0.6) is 0 Å². The topological polar surface area (TPSA) is 57.6 Å². The van der Waals surface area contributed by atoms with Crippen LogP contribution in [0.3, 0.4) is 0 Å². The van der Waals surface area contributed by atoms with Gasteiger partial charge < -0.3 is 10.0 Å². The predicted molar refractivity (Wildman–Crippen MR) is 76.5 cm³/mol. The Morgan fingerprint density at radius 3 is 2.85 bits per heavy atom. The first-order valence-electron chi connectivity index (χ1n) is 7.16. The fraction of sp³-hybridized carbons (Fsp3) is 0.500. The number of aryl methyl sites for hydroxylation is 2. The molecule has 1 heterocycles. The third-order valence-electron chi connectivity index (χ3n) is 3.82. The summed E-state index contributed by atoms with van der Waals surface area (Å²) in [5.41, 5.74) is 2.30. The summed E-state index contributed by atoms with van der Waals surface area (Å²) in [6.45, 7) is 2.60. The van der Waals surface area contributed by atoms with Gasteiger partial charge in [-0.15, -0.1) is 0 Å². The number of piperidine rings is 1. The number of carboxylic acids is 1. The Labute approximate surface area is 119 Å². The highest BCUT2D eigenvalue weighted by atomic mass is 16.4. The minimum absolute atomic E-state index is 0.0430.